The first-order chi connectivity index (χ1) is 10.5. The number of aliphatic carboxylic acids is 1. The SMILES string of the molecule is C=CC[N+](C)(C)CC=C.C=CC[N+](C)(C)CC=C.O=CC(=O)[O-].[Cl-]. The van der Waals surface area contributed by atoms with Gasteiger partial charge in [-0.2, -0.15) is 0 Å². The number of halogens is 1. The van der Waals surface area contributed by atoms with Crippen molar-refractivity contribution in [3.63, 3.8) is 0 Å². The number of nitrogens with zero attached hydrogens (tertiary/aromatic N) is 2. The summed E-state index contributed by atoms with van der Waals surface area (Å²) in [6.07, 6.45) is 7.46. The zero-order valence-electron chi connectivity index (χ0n) is 15.5. The van der Waals surface area contributed by atoms with Crippen LogP contribution >= 0.6 is 0 Å². The number of carbonyl (C=O) groups excluding carboxylic acids is 2. The smallest absolute Gasteiger partial charge is 0.165 e. The molecule has 0 fully saturated rings. The van der Waals surface area contributed by atoms with E-state index in [0.717, 1.165) is 35.1 Å². The summed E-state index contributed by atoms with van der Waals surface area (Å²) in [4.78, 5) is 17.7. The molecular weight excluding hydrogens is 328 g/mol. The number of aldehydes is 1. The molecule has 0 aromatic heterocycles. The zero-order valence-corrected chi connectivity index (χ0v) is 16.3. The molecule has 0 bridgehead atoms. The van der Waals surface area contributed by atoms with Crippen molar-refractivity contribution in [2.45, 2.75) is 0 Å². The van der Waals surface area contributed by atoms with Gasteiger partial charge in [-0.15, -0.1) is 0 Å². The topological polar surface area (TPSA) is 57.2 Å². The molecule has 0 radical (unpaired) electrons. The lowest BCUT2D eigenvalue weighted by Crippen LogP contribution is -3.00. The maximum atomic E-state index is 8.89. The van der Waals surface area contributed by atoms with E-state index in [1.807, 2.05) is 24.3 Å². The van der Waals surface area contributed by atoms with E-state index in [2.05, 4.69) is 54.5 Å². The summed E-state index contributed by atoms with van der Waals surface area (Å²) in [7, 11) is 8.62. The second kappa shape index (κ2) is 17.7. The number of rotatable bonds is 9. The van der Waals surface area contributed by atoms with Crippen LogP contribution in [-0.4, -0.2) is 75.6 Å². The van der Waals surface area contributed by atoms with Crippen LogP contribution in [0.5, 0.6) is 0 Å². The predicted molar refractivity (Wildman–Crippen MR) is 95.5 cm³/mol. The van der Waals surface area contributed by atoms with Gasteiger partial charge in [0.1, 0.15) is 5.97 Å². The largest absolute Gasteiger partial charge is 1.00 e. The van der Waals surface area contributed by atoms with Crippen molar-refractivity contribution in [2.24, 2.45) is 0 Å². The van der Waals surface area contributed by atoms with Crippen LogP contribution in [0.3, 0.4) is 0 Å². The van der Waals surface area contributed by atoms with Crippen molar-refractivity contribution in [3.8, 4) is 0 Å². The second-order valence-corrected chi connectivity index (χ2v) is 6.19. The Kier molecular flexibility index (Phi) is 22.2. The lowest BCUT2D eigenvalue weighted by molar-refractivity contribution is -0.878. The molecule has 0 rings (SSSR count). The molecule has 5 nitrogen and oxygen atoms in total. The molecule has 0 spiro atoms. The number of likely N-dealkylation sites (N-methyl/N-ethyl adjacent to an activating group) is 2. The minimum atomic E-state index is -1.68. The maximum Gasteiger partial charge on any atom is 0.165 e. The van der Waals surface area contributed by atoms with Crippen molar-refractivity contribution < 1.29 is 36.1 Å². The van der Waals surface area contributed by atoms with Gasteiger partial charge < -0.3 is 31.3 Å². The molecule has 0 N–H and O–H groups in total. The Morgan fingerprint density at radius 3 is 1.04 bits per heavy atom. The number of hydrogen-bond donors (Lipinski definition) is 0. The van der Waals surface area contributed by atoms with Crippen molar-refractivity contribution >= 4 is 12.3 Å². The monoisotopic (exact) mass is 360 g/mol. The number of carboxylic acids is 1. The van der Waals surface area contributed by atoms with Crippen LogP contribution in [0.2, 0.25) is 0 Å². The van der Waals surface area contributed by atoms with Crippen LogP contribution in [0.25, 0.3) is 0 Å². The fourth-order valence-electron chi connectivity index (χ4n) is 1.55. The zero-order chi connectivity index (χ0) is 18.9. The highest BCUT2D eigenvalue weighted by atomic mass is 35.5. The number of quaternary nitrogens is 2. The third-order valence-corrected chi connectivity index (χ3v) is 2.59. The predicted octanol–water partition coefficient (Wildman–Crippen LogP) is -2.19. The van der Waals surface area contributed by atoms with Crippen LogP contribution < -0.4 is 17.5 Å². The maximum absolute atomic E-state index is 8.89. The third kappa shape index (κ3) is 28.5. The summed E-state index contributed by atoms with van der Waals surface area (Å²) < 4.78 is 1.90. The molecule has 0 aromatic carbocycles. The average Bonchev–Trinajstić information content (AvgIpc) is 2.39. The van der Waals surface area contributed by atoms with E-state index in [1.54, 1.807) is 0 Å². The van der Waals surface area contributed by atoms with Gasteiger partial charge in [0.05, 0.1) is 54.4 Å². The Bertz CT molecular complexity index is 340. The van der Waals surface area contributed by atoms with Gasteiger partial charge in [-0.1, -0.05) is 26.3 Å². The number of carboxylic acid groups (broad SMARTS) is 1. The summed E-state index contributed by atoms with van der Waals surface area (Å²) in [5, 5.41) is 8.89. The minimum Gasteiger partial charge on any atom is -1.00 e. The van der Waals surface area contributed by atoms with Crippen LogP contribution in [0.4, 0.5) is 0 Å². The van der Waals surface area contributed by atoms with Gasteiger partial charge in [0.15, 0.2) is 6.29 Å². The fraction of sp³-hybridized carbons (Fsp3) is 0.444. The summed E-state index contributed by atoms with van der Waals surface area (Å²) in [6, 6.07) is 0. The highest BCUT2D eigenvalue weighted by Gasteiger charge is 2.08. The lowest BCUT2D eigenvalue weighted by atomic mass is 10.4. The molecule has 0 unspecified atom stereocenters. The summed E-state index contributed by atoms with van der Waals surface area (Å²) in [5.74, 6) is -1.68. The molecule has 0 aliphatic rings. The number of hydrogen-bond acceptors (Lipinski definition) is 3. The Morgan fingerprint density at radius 1 is 0.792 bits per heavy atom. The van der Waals surface area contributed by atoms with Crippen molar-refractivity contribution in [3.05, 3.63) is 50.6 Å². The molecule has 0 saturated heterocycles. The molecule has 0 saturated carbocycles. The van der Waals surface area contributed by atoms with Gasteiger partial charge in [0.25, 0.3) is 0 Å². The highest BCUT2D eigenvalue weighted by Crippen LogP contribution is 1.95. The fourth-order valence-corrected chi connectivity index (χ4v) is 1.55. The summed E-state index contributed by atoms with van der Waals surface area (Å²) in [5.41, 5.74) is 0. The van der Waals surface area contributed by atoms with Gasteiger partial charge in [-0.3, -0.25) is 4.79 Å². The molecule has 24 heavy (non-hydrogen) atoms. The van der Waals surface area contributed by atoms with Gasteiger partial charge in [0, 0.05) is 0 Å². The Morgan fingerprint density at radius 2 is 0.958 bits per heavy atom. The van der Waals surface area contributed by atoms with Crippen LogP contribution in [0.1, 0.15) is 0 Å². The first-order valence-electron chi connectivity index (χ1n) is 7.25. The van der Waals surface area contributed by atoms with Crippen molar-refractivity contribution in [2.75, 3.05) is 54.4 Å². The molecule has 140 valence electrons. The molecule has 0 amide bonds. The van der Waals surface area contributed by atoms with Gasteiger partial charge in [-0.05, 0) is 24.3 Å². The van der Waals surface area contributed by atoms with Gasteiger partial charge in [0.2, 0.25) is 0 Å². The first kappa shape index (κ1) is 30.2. The summed E-state index contributed by atoms with van der Waals surface area (Å²) >= 11 is 0. The van der Waals surface area contributed by atoms with E-state index in [9.17, 15) is 0 Å². The van der Waals surface area contributed by atoms with Crippen LogP contribution in [0.15, 0.2) is 50.6 Å². The van der Waals surface area contributed by atoms with E-state index < -0.39 is 5.97 Å². The Labute approximate surface area is 153 Å². The van der Waals surface area contributed by atoms with E-state index in [4.69, 9.17) is 14.7 Å². The molecule has 0 aliphatic heterocycles. The Hall–Kier alpha value is -1.69. The van der Waals surface area contributed by atoms with Crippen LogP contribution in [0, 0.1) is 0 Å². The molecule has 0 aliphatic carbocycles. The van der Waals surface area contributed by atoms with Gasteiger partial charge in [-0.25, -0.2) is 0 Å². The average molecular weight is 361 g/mol. The standard InChI is InChI=1S/2C8H16N.C2H2O3.ClH/c2*1-5-7-9(3,4)8-6-2;3-1-2(4)5;/h2*5-6H,1-2,7-8H2,3-4H3;1H,(H,4,5);1H/q2*+1;;/p-2. The Balaban J connectivity index is -0.000000128. The molecule has 6 heteroatoms. The number of carbonyl (C=O) groups is 2. The molecule has 0 atom stereocenters. The molecular formula is C18H33ClN2O3. The lowest BCUT2D eigenvalue weighted by Gasteiger charge is -2.26. The quantitative estimate of drug-likeness (QED) is 0.203. The van der Waals surface area contributed by atoms with Crippen molar-refractivity contribution in [1.29, 1.82) is 0 Å². The van der Waals surface area contributed by atoms with E-state index in [-0.39, 0.29) is 18.7 Å². The van der Waals surface area contributed by atoms with E-state index in [0.29, 0.717) is 0 Å². The third-order valence-electron chi connectivity index (χ3n) is 2.59. The van der Waals surface area contributed by atoms with E-state index in [1.165, 1.54) is 0 Å². The highest BCUT2D eigenvalue weighted by molar-refractivity contribution is 6.17. The minimum absolute atomic E-state index is 0. The van der Waals surface area contributed by atoms with Crippen LogP contribution in [-0.2, 0) is 9.59 Å². The van der Waals surface area contributed by atoms with Crippen molar-refractivity contribution in [1.82, 2.24) is 0 Å². The van der Waals surface area contributed by atoms with Gasteiger partial charge >= 0.3 is 0 Å². The molecule has 0 aromatic rings. The normalized spacial score (nSPS) is 9.50. The first-order valence-corrected chi connectivity index (χ1v) is 7.25. The molecule has 0 heterocycles. The second-order valence-electron chi connectivity index (χ2n) is 6.19. The summed E-state index contributed by atoms with van der Waals surface area (Å²) in [6.45, 7) is 18.7. The van der Waals surface area contributed by atoms with E-state index >= 15 is 0 Å².